The molecule has 0 aliphatic rings. The van der Waals surface area contributed by atoms with Crippen LogP contribution in [-0.2, 0) is 9.59 Å². The first kappa shape index (κ1) is 19.4. The van der Waals surface area contributed by atoms with Gasteiger partial charge in [0.1, 0.15) is 5.82 Å². The molecule has 0 atom stereocenters. The number of carbonyl (C=O) groups excluding carboxylic acids is 2. The maximum Gasteiger partial charge on any atom is 0.224 e. The smallest absolute Gasteiger partial charge is 0.224 e. The van der Waals surface area contributed by atoms with Gasteiger partial charge in [-0.05, 0) is 43.2 Å². The van der Waals surface area contributed by atoms with Gasteiger partial charge >= 0.3 is 0 Å². The normalized spacial score (nSPS) is 10.2. The summed E-state index contributed by atoms with van der Waals surface area (Å²) >= 11 is 0. The van der Waals surface area contributed by atoms with Crippen molar-refractivity contribution in [1.82, 2.24) is 10.3 Å². The van der Waals surface area contributed by atoms with E-state index in [0.29, 0.717) is 13.1 Å². The van der Waals surface area contributed by atoms with Crippen LogP contribution in [0.3, 0.4) is 0 Å². The summed E-state index contributed by atoms with van der Waals surface area (Å²) in [7, 11) is 0. The molecule has 0 aliphatic carbocycles. The predicted octanol–water partition coefficient (Wildman–Crippen LogP) is 2.87. The molecular formula is C19H23FN4O2. The first-order valence-electron chi connectivity index (χ1n) is 8.51. The Balaban J connectivity index is 1.59. The van der Waals surface area contributed by atoms with E-state index in [4.69, 9.17) is 0 Å². The van der Waals surface area contributed by atoms with Crippen molar-refractivity contribution < 1.29 is 14.0 Å². The van der Waals surface area contributed by atoms with Gasteiger partial charge in [-0.3, -0.25) is 14.6 Å². The van der Waals surface area contributed by atoms with Gasteiger partial charge in [-0.25, -0.2) is 4.39 Å². The lowest BCUT2D eigenvalue weighted by Crippen LogP contribution is -2.27. The summed E-state index contributed by atoms with van der Waals surface area (Å²) in [6, 6.07) is 8.25. The molecule has 0 saturated heterocycles. The van der Waals surface area contributed by atoms with Crippen LogP contribution in [-0.4, -0.2) is 29.9 Å². The molecule has 0 radical (unpaired) electrons. The molecule has 6 nitrogen and oxygen atoms in total. The Kier molecular flexibility index (Phi) is 7.54. The van der Waals surface area contributed by atoms with Crippen molar-refractivity contribution in [3.8, 4) is 0 Å². The molecule has 0 saturated carbocycles. The highest BCUT2D eigenvalue weighted by atomic mass is 19.1. The van der Waals surface area contributed by atoms with Crippen molar-refractivity contribution in [2.45, 2.75) is 26.2 Å². The third kappa shape index (κ3) is 6.88. The van der Waals surface area contributed by atoms with Crippen molar-refractivity contribution >= 4 is 23.2 Å². The summed E-state index contributed by atoms with van der Waals surface area (Å²) in [5.41, 5.74) is 1.91. The average molecular weight is 358 g/mol. The van der Waals surface area contributed by atoms with Crippen molar-refractivity contribution in [3.05, 3.63) is 54.1 Å². The Morgan fingerprint density at radius 2 is 1.92 bits per heavy atom. The van der Waals surface area contributed by atoms with E-state index in [1.54, 1.807) is 24.5 Å². The van der Waals surface area contributed by atoms with Crippen LogP contribution in [0.15, 0.2) is 42.7 Å². The minimum absolute atomic E-state index is 0.00709. The Hall–Kier alpha value is -2.96. The molecule has 0 unspecified atom stereocenters. The van der Waals surface area contributed by atoms with Crippen LogP contribution >= 0.6 is 0 Å². The zero-order valence-corrected chi connectivity index (χ0v) is 14.7. The Morgan fingerprint density at radius 3 is 2.69 bits per heavy atom. The number of nitrogens with zero attached hydrogens (tertiary/aromatic N) is 1. The van der Waals surface area contributed by atoms with Gasteiger partial charge in [-0.1, -0.05) is 6.07 Å². The Labute approximate surface area is 152 Å². The van der Waals surface area contributed by atoms with Crippen molar-refractivity contribution in [2.24, 2.45) is 0 Å². The number of aryl methyl sites for hydroxylation is 1. The molecule has 0 fully saturated rings. The number of pyridine rings is 1. The van der Waals surface area contributed by atoms with Gasteiger partial charge in [0.05, 0.1) is 11.4 Å². The number of halogens is 1. The van der Waals surface area contributed by atoms with Crippen LogP contribution < -0.4 is 16.0 Å². The van der Waals surface area contributed by atoms with Gasteiger partial charge < -0.3 is 16.0 Å². The summed E-state index contributed by atoms with van der Waals surface area (Å²) < 4.78 is 13.6. The fraction of sp³-hybridized carbons (Fsp3) is 0.316. The molecule has 0 aliphatic heterocycles. The highest BCUT2D eigenvalue weighted by Gasteiger charge is 2.09. The topological polar surface area (TPSA) is 83.1 Å². The molecule has 2 amide bonds. The fourth-order valence-electron chi connectivity index (χ4n) is 2.28. The standard InChI is InChI=1S/C19H23FN4O2/c1-14-5-6-16(20)17(12-14)24-19(26)8-7-18(25)23-11-3-10-22-15-4-2-9-21-13-15/h2,4-6,9,12-13,22H,3,7-8,10-11H2,1H3,(H,23,25)(H,24,26). The van der Waals surface area contributed by atoms with Crippen LogP contribution in [0.5, 0.6) is 0 Å². The lowest BCUT2D eigenvalue weighted by Gasteiger charge is -2.08. The lowest BCUT2D eigenvalue weighted by molar-refractivity contribution is -0.124. The molecule has 1 aromatic carbocycles. The second-order valence-electron chi connectivity index (χ2n) is 5.90. The van der Waals surface area contributed by atoms with Crippen LogP contribution in [0.4, 0.5) is 15.8 Å². The van der Waals surface area contributed by atoms with Crippen LogP contribution in [0.25, 0.3) is 0 Å². The summed E-state index contributed by atoms with van der Waals surface area (Å²) in [6.07, 6.45) is 4.26. The van der Waals surface area contributed by atoms with E-state index in [2.05, 4.69) is 20.9 Å². The van der Waals surface area contributed by atoms with E-state index in [1.165, 1.54) is 6.07 Å². The van der Waals surface area contributed by atoms with E-state index in [-0.39, 0.29) is 30.3 Å². The maximum absolute atomic E-state index is 13.6. The molecule has 26 heavy (non-hydrogen) atoms. The monoisotopic (exact) mass is 358 g/mol. The number of hydrogen-bond acceptors (Lipinski definition) is 4. The number of nitrogens with one attached hydrogen (secondary N) is 3. The Morgan fingerprint density at radius 1 is 1.12 bits per heavy atom. The van der Waals surface area contributed by atoms with Crippen molar-refractivity contribution in [2.75, 3.05) is 23.7 Å². The van der Waals surface area contributed by atoms with Crippen LogP contribution in [0.1, 0.15) is 24.8 Å². The zero-order valence-electron chi connectivity index (χ0n) is 14.7. The van der Waals surface area contributed by atoms with E-state index >= 15 is 0 Å². The average Bonchev–Trinajstić information content (AvgIpc) is 2.63. The molecule has 7 heteroatoms. The zero-order chi connectivity index (χ0) is 18.8. The van der Waals surface area contributed by atoms with Gasteiger partial charge in [0.25, 0.3) is 0 Å². The lowest BCUT2D eigenvalue weighted by atomic mass is 10.2. The second kappa shape index (κ2) is 10.1. The van der Waals surface area contributed by atoms with E-state index in [9.17, 15) is 14.0 Å². The van der Waals surface area contributed by atoms with Gasteiger partial charge in [-0.2, -0.15) is 0 Å². The number of aromatic nitrogens is 1. The molecule has 138 valence electrons. The predicted molar refractivity (Wildman–Crippen MR) is 99.4 cm³/mol. The molecule has 0 bridgehead atoms. The van der Waals surface area contributed by atoms with E-state index in [1.807, 2.05) is 19.1 Å². The van der Waals surface area contributed by atoms with Gasteiger partial charge in [-0.15, -0.1) is 0 Å². The van der Waals surface area contributed by atoms with E-state index < -0.39 is 5.82 Å². The fourth-order valence-corrected chi connectivity index (χ4v) is 2.28. The first-order valence-corrected chi connectivity index (χ1v) is 8.51. The number of anilines is 2. The summed E-state index contributed by atoms with van der Waals surface area (Å²) in [5.74, 6) is -1.08. The van der Waals surface area contributed by atoms with Gasteiger partial charge in [0.2, 0.25) is 11.8 Å². The van der Waals surface area contributed by atoms with Gasteiger partial charge in [0, 0.05) is 38.3 Å². The van der Waals surface area contributed by atoms with E-state index in [0.717, 1.165) is 17.7 Å². The summed E-state index contributed by atoms with van der Waals surface area (Å²) in [4.78, 5) is 27.6. The number of carbonyl (C=O) groups is 2. The minimum Gasteiger partial charge on any atom is -0.384 e. The number of benzene rings is 1. The molecule has 2 aromatic rings. The molecule has 1 heterocycles. The summed E-state index contributed by atoms with van der Waals surface area (Å²) in [6.45, 7) is 3.03. The molecule has 1 aromatic heterocycles. The van der Waals surface area contributed by atoms with Crippen molar-refractivity contribution in [1.29, 1.82) is 0 Å². The maximum atomic E-state index is 13.6. The molecule has 3 N–H and O–H groups in total. The first-order chi connectivity index (χ1) is 12.5. The highest BCUT2D eigenvalue weighted by Crippen LogP contribution is 2.15. The number of rotatable bonds is 9. The second-order valence-corrected chi connectivity index (χ2v) is 5.90. The highest BCUT2D eigenvalue weighted by molar-refractivity contribution is 5.93. The third-order valence-corrected chi connectivity index (χ3v) is 3.64. The van der Waals surface area contributed by atoms with Crippen LogP contribution in [0, 0.1) is 12.7 Å². The number of hydrogen-bond donors (Lipinski definition) is 3. The molecular weight excluding hydrogens is 335 g/mol. The summed E-state index contributed by atoms with van der Waals surface area (Å²) in [5, 5.41) is 8.44. The largest absolute Gasteiger partial charge is 0.384 e. The molecule has 2 rings (SSSR count). The van der Waals surface area contributed by atoms with Crippen molar-refractivity contribution in [3.63, 3.8) is 0 Å². The van der Waals surface area contributed by atoms with Gasteiger partial charge in [0.15, 0.2) is 0 Å². The minimum atomic E-state index is -0.491. The Bertz CT molecular complexity index is 738. The molecule has 0 spiro atoms. The number of amides is 2. The quantitative estimate of drug-likeness (QED) is 0.602. The SMILES string of the molecule is Cc1ccc(F)c(NC(=O)CCC(=O)NCCCNc2cccnc2)c1. The third-order valence-electron chi connectivity index (χ3n) is 3.64. The van der Waals surface area contributed by atoms with Crippen LogP contribution in [0.2, 0.25) is 0 Å².